The van der Waals surface area contributed by atoms with E-state index in [9.17, 15) is 4.79 Å². The van der Waals surface area contributed by atoms with E-state index in [1.807, 2.05) is 26.0 Å². The molecule has 0 spiro atoms. The number of nitrogens with zero attached hydrogens (tertiary/aromatic N) is 4. The van der Waals surface area contributed by atoms with Crippen molar-refractivity contribution < 1.29 is 9.53 Å². The van der Waals surface area contributed by atoms with Crippen LogP contribution >= 0.6 is 0 Å². The van der Waals surface area contributed by atoms with Crippen LogP contribution in [-0.2, 0) is 16.6 Å². The molecule has 0 radical (unpaired) electrons. The van der Waals surface area contributed by atoms with Crippen molar-refractivity contribution in [2.24, 2.45) is 0 Å². The summed E-state index contributed by atoms with van der Waals surface area (Å²) in [5, 5.41) is 7.43. The number of para-hydroxylation sites is 1. The van der Waals surface area contributed by atoms with Gasteiger partial charge in [-0.2, -0.15) is 10.1 Å². The SMILES string of the molecule is COc1ccccc1C1(CNC(=O)CCc2c(C)nc3ncnn3c2C)CCCC1. The third-order valence-corrected chi connectivity index (χ3v) is 6.45. The smallest absolute Gasteiger partial charge is 0.252 e. The van der Waals surface area contributed by atoms with E-state index in [2.05, 4.69) is 32.5 Å². The molecule has 1 aliphatic carbocycles. The van der Waals surface area contributed by atoms with E-state index >= 15 is 0 Å². The van der Waals surface area contributed by atoms with E-state index in [4.69, 9.17) is 4.74 Å². The molecule has 7 nitrogen and oxygen atoms in total. The summed E-state index contributed by atoms with van der Waals surface area (Å²) in [4.78, 5) is 21.4. The van der Waals surface area contributed by atoms with Crippen molar-refractivity contribution in [3.8, 4) is 5.75 Å². The van der Waals surface area contributed by atoms with Gasteiger partial charge in [0.1, 0.15) is 12.1 Å². The second kappa shape index (κ2) is 8.42. The summed E-state index contributed by atoms with van der Waals surface area (Å²) >= 11 is 0. The average molecular weight is 408 g/mol. The molecule has 1 saturated carbocycles. The van der Waals surface area contributed by atoms with Gasteiger partial charge in [-0.3, -0.25) is 4.79 Å². The molecule has 0 aliphatic heterocycles. The second-order valence-electron chi connectivity index (χ2n) is 8.20. The number of fused-ring (bicyclic) bond motifs is 1. The maximum absolute atomic E-state index is 12.7. The Balaban J connectivity index is 1.44. The maximum atomic E-state index is 12.7. The Kier molecular flexibility index (Phi) is 5.70. The minimum Gasteiger partial charge on any atom is -0.496 e. The highest BCUT2D eigenvalue weighted by Gasteiger charge is 2.37. The zero-order valence-electron chi connectivity index (χ0n) is 17.9. The number of carbonyl (C=O) groups is 1. The molecule has 0 saturated heterocycles. The lowest BCUT2D eigenvalue weighted by atomic mass is 9.78. The summed E-state index contributed by atoms with van der Waals surface area (Å²) in [6, 6.07) is 8.20. The molecule has 1 aliphatic rings. The number of benzene rings is 1. The molecule has 1 N–H and O–H groups in total. The number of hydrogen-bond donors (Lipinski definition) is 1. The Hall–Kier alpha value is -2.96. The highest BCUT2D eigenvalue weighted by atomic mass is 16.5. The van der Waals surface area contributed by atoms with Crippen LogP contribution in [-0.4, -0.2) is 39.1 Å². The fourth-order valence-corrected chi connectivity index (χ4v) is 4.79. The largest absolute Gasteiger partial charge is 0.496 e. The van der Waals surface area contributed by atoms with Crippen molar-refractivity contribution in [3.63, 3.8) is 0 Å². The Morgan fingerprint density at radius 3 is 2.77 bits per heavy atom. The van der Waals surface area contributed by atoms with Crippen LogP contribution in [0.25, 0.3) is 5.78 Å². The minimum absolute atomic E-state index is 0.0463. The number of ether oxygens (including phenoxy) is 1. The summed E-state index contributed by atoms with van der Waals surface area (Å²) in [5.74, 6) is 1.57. The monoisotopic (exact) mass is 407 g/mol. The molecule has 2 aromatic heterocycles. The van der Waals surface area contributed by atoms with Gasteiger partial charge in [-0.25, -0.2) is 9.50 Å². The molecule has 0 bridgehead atoms. The predicted octanol–water partition coefficient (Wildman–Crippen LogP) is 3.31. The van der Waals surface area contributed by atoms with E-state index in [0.29, 0.717) is 25.2 Å². The number of amides is 1. The van der Waals surface area contributed by atoms with Crippen molar-refractivity contribution >= 4 is 11.7 Å². The zero-order chi connectivity index (χ0) is 21.1. The first-order valence-corrected chi connectivity index (χ1v) is 10.6. The molecule has 30 heavy (non-hydrogen) atoms. The van der Waals surface area contributed by atoms with Crippen LogP contribution < -0.4 is 10.1 Å². The molecular weight excluding hydrogens is 378 g/mol. The van der Waals surface area contributed by atoms with Crippen LogP contribution in [0.15, 0.2) is 30.6 Å². The van der Waals surface area contributed by atoms with Crippen LogP contribution in [0.3, 0.4) is 0 Å². The molecule has 1 amide bonds. The van der Waals surface area contributed by atoms with Crippen LogP contribution in [0.4, 0.5) is 0 Å². The number of hydrogen-bond acceptors (Lipinski definition) is 5. The van der Waals surface area contributed by atoms with Gasteiger partial charge >= 0.3 is 0 Å². The number of carbonyl (C=O) groups excluding carboxylic acids is 1. The number of aryl methyl sites for hydroxylation is 2. The number of aromatic nitrogens is 4. The third kappa shape index (κ3) is 3.76. The van der Waals surface area contributed by atoms with Gasteiger partial charge in [0.2, 0.25) is 5.91 Å². The lowest BCUT2D eigenvalue weighted by molar-refractivity contribution is -0.121. The lowest BCUT2D eigenvalue weighted by Gasteiger charge is -2.31. The fourth-order valence-electron chi connectivity index (χ4n) is 4.79. The Morgan fingerprint density at radius 2 is 2.00 bits per heavy atom. The highest BCUT2D eigenvalue weighted by molar-refractivity contribution is 5.76. The summed E-state index contributed by atoms with van der Waals surface area (Å²) in [7, 11) is 1.71. The lowest BCUT2D eigenvalue weighted by Crippen LogP contribution is -2.39. The van der Waals surface area contributed by atoms with Gasteiger partial charge in [0.25, 0.3) is 5.78 Å². The second-order valence-corrected chi connectivity index (χ2v) is 8.20. The fraction of sp³-hybridized carbons (Fsp3) is 0.478. The van der Waals surface area contributed by atoms with Crippen molar-refractivity contribution in [1.29, 1.82) is 0 Å². The van der Waals surface area contributed by atoms with E-state index in [0.717, 1.165) is 35.5 Å². The Morgan fingerprint density at radius 1 is 1.23 bits per heavy atom. The number of nitrogens with one attached hydrogen (secondary N) is 1. The first-order valence-electron chi connectivity index (χ1n) is 10.6. The summed E-state index contributed by atoms with van der Waals surface area (Å²) < 4.78 is 7.35. The van der Waals surface area contributed by atoms with E-state index in [1.165, 1.54) is 24.7 Å². The van der Waals surface area contributed by atoms with Gasteiger partial charge in [-0.15, -0.1) is 0 Å². The quantitative estimate of drug-likeness (QED) is 0.650. The average Bonchev–Trinajstić information content (AvgIpc) is 3.42. The van der Waals surface area contributed by atoms with Gasteiger partial charge < -0.3 is 10.1 Å². The molecule has 2 heterocycles. The first kappa shape index (κ1) is 20.3. The molecule has 1 fully saturated rings. The number of rotatable bonds is 7. The third-order valence-electron chi connectivity index (χ3n) is 6.45. The molecule has 1 aromatic carbocycles. The topological polar surface area (TPSA) is 81.4 Å². The minimum atomic E-state index is -0.0463. The number of methoxy groups -OCH3 is 1. The summed E-state index contributed by atoms with van der Waals surface area (Å²) in [6.45, 7) is 4.60. The molecule has 0 atom stereocenters. The molecule has 3 aromatic rings. The van der Waals surface area contributed by atoms with E-state index < -0.39 is 0 Å². The summed E-state index contributed by atoms with van der Waals surface area (Å²) in [5.41, 5.74) is 4.11. The zero-order valence-corrected chi connectivity index (χ0v) is 17.9. The van der Waals surface area contributed by atoms with Crippen LogP contribution in [0.5, 0.6) is 5.75 Å². The van der Waals surface area contributed by atoms with Crippen molar-refractivity contribution in [1.82, 2.24) is 24.9 Å². The summed E-state index contributed by atoms with van der Waals surface area (Å²) in [6.07, 6.45) is 7.05. The standard InChI is InChI=1S/C23H29N5O2/c1-16-18(17(2)28-22(27-16)25-15-26-28)10-11-21(29)24-14-23(12-6-7-13-23)19-8-4-5-9-20(19)30-3/h4-5,8-9,15H,6-7,10-14H2,1-3H3,(H,24,29). The van der Waals surface area contributed by atoms with Crippen molar-refractivity contribution in [2.45, 2.75) is 57.8 Å². The molecular formula is C23H29N5O2. The van der Waals surface area contributed by atoms with Gasteiger partial charge in [-0.05, 0) is 44.7 Å². The van der Waals surface area contributed by atoms with E-state index in [-0.39, 0.29) is 11.3 Å². The predicted molar refractivity (Wildman–Crippen MR) is 115 cm³/mol. The Labute approximate surface area is 176 Å². The molecule has 7 heteroatoms. The van der Waals surface area contributed by atoms with Gasteiger partial charge in [0.05, 0.1) is 7.11 Å². The Bertz CT molecular complexity index is 1050. The normalized spacial score (nSPS) is 15.4. The van der Waals surface area contributed by atoms with Gasteiger partial charge in [-0.1, -0.05) is 31.0 Å². The van der Waals surface area contributed by atoms with Crippen molar-refractivity contribution in [2.75, 3.05) is 13.7 Å². The first-order chi connectivity index (χ1) is 14.5. The molecule has 158 valence electrons. The maximum Gasteiger partial charge on any atom is 0.252 e. The highest BCUT2D eigenvalue weighted by Crippen LogP contribution is 2.44. The molecule has 0 unspecified atom stereocenters. The van der Waals surface area contributed by atoms with Crippen LogP contribution in [0.2, 0.25) is 0 Å². The van der Waals surface area contributed by atoms with Crippen LogP contribution in [0, 0.1) is 13.8 Å². The van der Waals surface area contributed by atoms with Gasteiger partial charge in [0.15, 0.2) is 0 Å². The van der Waals surface area contributed by atoms with Crippen LogP contribution in [0.1, 0.15) is 54.6 Å². The van der Waals surface area contributed by atoms with Crippen molar-refractivity contribution in [3.05, 3.63) is 53.1 Å². The van der Waals surface area contributed by atoms with E-state index in [1.54, 1.807) is 11.6 Å². The van der Waals surface area contributed by atoms with Gasteiger partial charge in [0, 0.05) is 35.3 Å². The molecule has 4 rings (SSSR count).